The number of carbonyl (C=O) groups excluding carboxylic acids is 1. The number of unbranched alkanes of at least 4 members (excludes halogenated alkanes) is 2. The Morgan fingerprint density at radius 2 is 1.61 bits per heavy atom. The molecule has 0 bridgehead atoms. The lowest BCUT2D eigenvalue weighted by Gasteiger charge is -2.20. The van der Waals surface area contributed by atoms with Crippen LogP contribution in [0.1, 0.15) is 79.1 Å². The van der Waals surface area contributed by atoms with E-state index in [0.717, 1.165) is 44.9 Å². The van der Waals surface area contributed by atoms with Gasteiger partial charge in [0.25, 0.3) is 0 Å². The van der Waals surface area contributed by atoms with Crippen molar-refractivity contribution in [2.24, 2.45) is 0 Å². The van der Waals surface area contributed by atoms with Crippen LogP contribution in [-0.2, 0) is 4.74 Å². The molecule has 18 heavy (non-hydrogen) atoms. The molecular weight excluding hydrogens is 226 g/mol. The second-order valence-corrected chi connectivity index (χ2v) is 4.97. The molecule has 0 aromatic rings. The van der Waals surface area contributed by atoms with Crippen LogP contribution in [0.15, 0.2) is 0 Å². The summed E-state index contributed by atoms with van der Waals surface area (Å²) in [6.07, 6.45) is 8.34. The second kappa shape index (κ2) is 11.4. The van der Waals surface area contributed by atoms with Gasteiger partial charge in [0.15, 0.2) is 0 Å². The highest BCUT2D eigenvalue weighted by Crippen LogP contribution is 2.10. The van der Waals surface area contributed by atoms with Crippen molar-refractivity contribution in [3.8, 4) is 0 Å². The van der Waals surface area contributed by atoms with Crippen LogP contribution in [0.5, 0.6) is 0 Å². The van der Waals surface area contributed by atoms with Gasteiger partial charge in [-0.15, -0.1) is 0 Å². The third-order valence-electron chi connectivity index (χ3n) is 3.33. The van der Waals surface area contributed by atoms with Crippen molar-refractivity contribution in [3.63, 3.8) is 0 Å². The Morgan fingerprint density at radius 3 is 2.11 bits per heavy atom. The van der Waals surface area contributed by atoms with Gasteiger partial charge in [-0.25, -0.2) is 4.79 Å². The van der Waals surface area contributed by atoms with Gasteiger partial charge in [-0.1, -0.05) is 53.4 Å². The summed E-state index contributed by atoms with van der Waals surface area (Å²) in [5.41, 5.74) is 0. The van der Waals surface area contributed by atoms with Gasteiger partial charge in [-0.05, 0) is 25.7 Å². The normalized spacial score (nSPS) is 14.0. The molecule has 0 saturated carbocycles. The number of carbonyl (C=O) groups is 1. The molecule has 1 N–H and O–H groups in total. The molecule has 2 unspecified atom stereocenters. The number of ether oxygens (including phenoxy) is 1. The molecule has 0 spiro atoms. The first kappa shape index (κ1) is 17.3. The van der Waals surface area contributed by atoms with E-state index in [0.29, 0.717) is 0 Å². The molecule has 0 heterocycles. The van der Waals surface area contributed by atoms with Crippen molar-refractivity contribution in [2.45, 2.75) is 91.2 Å². The van der Waals surface area contributed by atoms with Crippen molar-refractivity contribution >= 4 is 6.09 Å². The Bertz CT molecular complexity index is 187. The third-order valence-corrected chi connectivity index (χ3v) is 3.33. The van der Waals surface area contributed by atoms with Crippen molar-refractivity contribution < 1.29 is 9.53 Å². The van der Waals surface area contributed by atoms with Gasteiger partial charge in [0.1, 0.15) is 6.10 Å². The minimum absolute atomic E-state index is 0.0774. The predicted octanol–water partition coefficient (Wildman–Crippen LogP) is 4.65. The van der Waals surface area contributed by atoms with E-state index in [1.165, 1.54) is 6.42 Å². The zero-order valence-electron chi connectivity index (χ0n) is 12.6. The fraction of sp³-hybridized carbons (Fsp3) is 0.933. The largest absolute Gasteiger partial charge is 0.446 e. The average Bonchev–Trinajstić information content (AvgIpc) is 2.39. The van der Waals surface area contributed by atoms with Crippen LogP contribution in [0.25, 0.3) is 0 Å². The molecule has 0 saturated heterocycles. The molecule has 108 valence electrons. The molecular formula is C15H31NO2. The van der Waals surface area contributed by atoms with Crippen LogP contribution in [0.3, 0.4) is 0 Å². The molecule has 0 aliphatic rings. The van der Waals surface area contributed by atoms with Gasteiger partial charge >= 0.3 is 6.09 Å². The van der Waals surface area contributed by atoms with Crippen molar-refractivity contribution in [2.75, 3.05) is 0 Å². The highest BCUT2D eigenvalue weighted by Gasteiger charge is 2.15. The summed E-state index contributed by atoms with van der Waals surface area (Å²) < 4.78 is 5.46. The molecule has 0 aliphatic heterocycles. The SMILES string of the molecule is CCCCC(CC)NC(=O)OC(CC)CCCC. The topological polar surface area (TPSA) is 38.3 Å². The number of alkyl carbamates (subject to hydrolysis) is 1. The fourth-order valence-electron chi connectivity index (χ4n) is 1.96. The third kappa shape index (κ3) is 8.37. The Labute approximate surface area is 113 Å². The van der Waals surface area contributed by atoms with Gasteiger partial charge in [0.05, 0.1) is 0 Å². The number of hydrogen-bond donors (Lipinski definition) is 1. The van der Waals surface area contributed by atoms with Crippen LogP contribution >= 0.6 is 0 Å². The molecule has 0 aromatic heterocycles. The molecule has 0 rings (SSSR count). The summed E-state index contributed by atoms with van der Waals surface area (Å²) in [5, 5.41) is 2.98. The Kier molecular flexibility index (Phi) is 10.9. The lowest BCUT2D eigenvalue weighted by atomic mass is 10.1. The average molecular weight is 257 g/mol. The fourth-order valence-corrected chi connectivity index (χ4v) is 1.96. The summed E-state index contributed by atoms with van der Waals surface area (Å²) >= 11 is 0. The summed E-state index contributed by atoms with van der Waals surface area (Å²) in [6, 6.07) is 0.265. The van der Waals surface area contributed by atoms with E-state index in [2.05, 4.69) is 33.0 Å². The molecule has 2 atom stereocenters. The standard InChI is InChI=1S/C15H31NO2/c1-5-9-11-13(7-3)16-15(17)18-14(8-4)12-10-6-2/h13-14H,5-12H2,1-4H3,(H,16,17). The van der Waals surface area contributed by atoms with Gasteiger partial charge in [0, 0.05) is 6.04 Å². The smallest absolute Gasteiger partial charge is 0.407 e. The van der Waals surface area contributed by atoms with Gasteiger partial charge < -0.3 is 10.1 Å². The first-order valence-corrected chi connectivity index (χ1v) is 7.64. The Balaban J connectivity index is 3.96. The molecule has 3 nitrogen and oxygen atoms in total. The lowest BCUT2D eigenvalue weighted by Crippen LogP contribution is -2.36. The maximum Gasteiger partial charge on any atom is 0.407 e. The monoisotopic (exact) mass is 257 g/mol. The van der Waals surface area contributed by atoms with Gasteiger partial charge in [-0.2, -0.15) is 0 Å². The zero-order chi connectivity index (χ0) is 13.8. The van der Waals surface area contributed by atoms with Crippen molar-refractivity contribution in [1.29, 1.82) is 0 Å². The number of hydrogen-bond acceptors (Lipinski definition) is 2. The van der Waals surface area contributed by atoms with E-state index in [-0.39, 0.29) is 18.2 Å². The van der Waals surface area contributed by atoms with Crippen molar-refractivity contribution in [3.05, 3.63) is 0 Å². The summed E-state index contributed by atoms with van der Waals surface area (Å²) in [5.74, 6) is 0. The maximum atomic E-state index is 11.8. The minimum Gasteiger partial charge on any atom is -0.446 e. The molecule has 0 aliphatic carbocycles. The Morgan fingerprint density at radius 1 is 1.00 bits per heavy atom. The maximum absolute atomic E-state index is 11.8. The first-order chi connectivity index (χ1) is 8.67. The predicted molar refractivity (Wildman–Crippen MR) is 76.8 cm³/mol. The quantitative estimate of drug-likeness (QED) is 0.618. The number of amides is 1. The summed E-state index contributed by atoms with van der Waals surface area (Å²) in [4.78, 5) is 11.8. The van der Waals surface area contributed by atoms with E-state index >= 15 is 0 Å². The van der Waals surface area contributed by atoms with Gasteiger partial charge in [-0.3, -0.25) is 0 Å². The minimum atomic E-state index is -0.235. The van der Waals surface area contributed by atoms with E-state index in [9.17, 15) is 4.79 Å². The lowest BCUT2D eigenvalue weighted by molar-refractivity contribution is 0.0855. The van der Waals surface area contributed by atoms with Crippen molar-refractivity contribution in [1.82, 2.24) is 5.32 Å². The van der Waals surface area contributed by atoms with E-state index < -0.39 is 0 Å². The molecule has 0 radical (unpaired) electrons. The zero-order valence-corrected chi connectivity index (χ0v) is 12.6. The molecule has 0 fully saturated rings. The first-order valence-electron chi connectivity index (χ1n) is 7.64. The Hall–Kier alpha value is -0.730. The highest BCUT2D eigenvalue weighted by molar-refractivity contribution is 5.67. The van der Waals surface area contributed by atoms with Crippen LogP contribution in [0.2, 0.25) is 0 Å². The summed E-state index contributed by atoms with van der Waals surface area (Å²) in [6.45, 7) is 8.50. The second-order valence-electron chi connectivity index (χ2n) is 4.97. The molecule has 3 heteroatoms. The van der Waals surface area contributed by atoms with E-state index in [4.69, 9.17) is 4.74 Å². The summed E-state index contributed by atoms with van der Waals surface area (Å²) in [7, 11) is 0. The number of nitrogens with one attached hydrogen (secondary N) is 1. The van der Waals surface area contributed by atoms with Gasteiger partial charge in [0.2, 0.25) is 0 Å². The van der Waals surface area contributed by atoms with Crippen LogP contribution < -0.4 is 5.32 Å². The molecule has 1 amide bonds. The highest BCUT2D eigenvalue weighted by atomic mass is 16.6. The van der Waals surface area contributed by atoms with E-state index in [1.807, 2.05) is 0 Å². The number of rotatable bonds is 10. The van der Waals surface area contributed by atoms with Crippen LogP contribution in [0.4, 0.5) is 4.79 Å². The van der Waals surface area contributed by atoms with E-state index in [1.54, 1.807) is 0 Å². The van der Waals surface area contributed by atoms with Crippen LogP contribution in [0, 0.1) is 0 Å². The van der Waals surface area contributed by atoms with Crippen LogP contribution in [-0.4, -0.2) is 18.2 Å². The molecule has 0 aromatic carbocycles.